The number of alkyl halides is 2. The molecule has 0 amide bonds. The number of rotatable bonds is 5. The molecule has 2 saturated heterocycles. The maximum absolute atomic E-state index is 13.5. The first kappa shape index (κ1) is 16.5. The van der Waals surface area contributed by atoms with E-state index in [0.717, 1.165) is 13.0 Å². The van der Waals surface area contributed by atoms with Gasteiger partial charge in [-0.1, -0.05) is 0 Å². The van der Waals surface area contributed by atoms with Crippen molar-refractivity contribution >= 4 is 17.7 Å². The number of hydrogen-bond donors (Lipinski definition) is 1. The monoisotopic (exact) mass is 352 g/mol. The highest BCUT2D eigenvalue weighted by Gasteiger charge is 2.56. The van der Waals surface area contributed by atoms with Crippen molar-refractivity contribution in [3.63, 3.8) is 0 Å². The van der Waals surface area contributed by atoms with Gasteiger partial charge in [0.05, 0.1) is 0 Å². The highest BCUT2D eigenvalue weighted by Crippen LogP contribution is 2.54. The van der Waals surface area contributed by atoms with Crippen LogP contribution in [0, 0.1) is 24.7 Å². The third kappa shape index (κ3) is 2.71. The molecule has 0 aromatic carbocycles. The van der Waals surface area contributed by atoms with Crippen LogP contribution < -0.4 is 9.80 Å². The van der Waals surface area contributed by atoms with E-state index >= 15 is 0 Å². The number of fused-ring (bicyclic) bond motifs is 1. The molecule has 1 aliphatic carbocycles. The predicted molar refractivity (Wildman–Crippen MR) is 88.1 cm³/mol. The fourth-order valence-corrected chi connectivity index (χ4v) is 4.30. The van der Waals surface area contributed by atoms with Gasteiger partial charge in [0.2, 0.25) is 5.95 Å². The van der Waals surface area contributed by atoms with E-state index in [1.807, 2.05) is 16.7 Å². The number of anilines is 2. The molecular weight excluding hydrogens is 330 g/mol. The lowest BCUT2D eigenvalue weighted by Gasteiger charge is -2.39. The van der Waals surface area contributed by atoms with Gasteiger partial charge in [-0.25, -0.2) is 13.8 Å². The average molecular weight is 352 g/mol. The fourth-order valence-electron chi connectivity index (χ4n) is 4.30. The van der Waals surface area contributed by atoms with Crippen LogP contribution in [0.15, 0.2) is 0 Å². The van der Waals surface area contributed by atoms with Crippen LogP contribution in [0.4, 0.5) is 20.5 Å². The summed E-state index contributed by atoms with van der Waals surface area (Å²) < 4.78 is 26.9. The number of aromatic nitrogens is 2. The quantitative estimate of drug-likeness (QED) is 0.878. The molecule has 1 aromatic heterocycles. The van der Waals surface area contributed by atoms with E-state index in [-0.39, 0.29) is 24.1 Å². The highest BCUT2D eigenvalue weighted by atomic mass is 19.3. The van der Waals surface area contributed by atoms with Gasteiger partial charge in [0.1, 0.15) is 11.5 Å². The Bertz CT molecular complexity index is 702. The van der Waals surface area contributed by atoms with Crippen molar-refractivity contribution in [3.05, 3.63) is 11.3 Å². The Hall–Kier alpha value is -1.99. The summed E-state index contributed by atoms with van der Waals surface area (Å²) in [5.74, 6) is 1.11. The summed E-state index contributed by atoms with van der Waals surface area (Å²) in [4.78, 5) is 23.6. The molecule has 1 unspecified atom stereocenters. The van der Waals surface area contributed by atoms with E-state index in [1.165, 1.54) is 0 Å². The minimum atomic E-state index is -2.63. The van der Waals surface area contributed by atoms with E-state index in [2.05, 4.69) is 9.97 Å². The van der Waals surface area contributed by atoms with Crippen LogP contribution in [-0.4, -0.2) is 46.7 Å². The molecule has 0 bridgehead atoms. The highest BCUT2D eigenvalue weighted by molar-refractivity contribution is 5.68. The molecule has 3 heterocycles. The van der Waals surface area contributed by atoms with E-state index in [0.29, 0.717) is 42.3 Å². The van der Waals surface area contributed by atoms with Crippen molar-refractivity contribution in [2.45, 2.75) is 39.2 Å². The van der Waals surface area contributed by atoms with Crippen molar-refractivity contribution in [1.82, 2.24) is 9.97 Å². The number of carboxylic acids is 1. The average Bonchev–Trinajstić information content (AvgIpc) is 2.96. The van der Waals surface area contributed by atoms with Gasteiger partial charge in [0, 0.05) is 37.7 Å². The number of nitrogens with zero attached hydrogens (tertiary/aromatic N) is 4. The van der Waals surface area contributed by atoms with Gasteiger partial charge in [0.15, 0.2) is 0 Å². The minimum Gasteiger partial charge on any atom is -0.481 e. The number of aliphatic carboxylic acids is 1. The third-order valence-electron chi connectivity index (χ3n) is 6.01. The lowest BCUT2D eigenvalue weighted by Crippen LogP contribution is -2.47. The largest absolute Gasteiger partial charge is 0.481 e. The maximum atomic E-state index is 13.5. The molecule has 25 heavy (non-hydrogen) atoms. The van der Waals surface area contributed by atoms with Gasteiger partial charge in [-0.05, 0) is 38.0 Å². The zero-order valence-corrected chi connectivity index (χ0v) is 14.3. The maximum Gasteiger partial charge on any atom is 0.303 e. The lowest BCUT2D eigenvalue weighted by atomic mass is 10.1. The second-order valence-corrected chi connectivity index (χ2v) is 7.48. The van der Waals surface area contributed by atoms with Crippen LogP contribution in [0.25, 0.3) is 0 Å². The summed E-state index contributed by atoms with van der Waals surface area (Å²) in [6.45, 7) is 5.86. The van der Waals surface area contributed by atoms with Gasteiger partial charge in [0.25, 0.3) is 6.43 Å². The first-order chi connectivity index (χ1) is 11.9. The Labute approximate surface area is 144 Å². The molecule has 6 nitrogen and oxygen atoms in total. The molecule has 2 aliphatic heterocycles. The van der Waals surface area contributed by atoms with Crippen LogP contribution in [0.2, 0.25) is 0 Å². The molecule has 1 N–H and O–H groups in total. The Kier molecular flexibility index (Phi) is 3.81. The Balaban J connectivity index is 1.58. The number of carboxylic acid groups (broad SMARTS) is 1. The summed E-state index contributed by atoms with van der Waals surface area (Å²) >= 11 is 0. The molecule has 3 fully saturated rings. The van der Waals surface area contributed by atoms with Crippen LogP contribution in [0.3, 0.4) is 0 Å². The Morgan fingerprint density at radius 3 is 2.48 bits per heavy atom. The fraction of sp³-hybridized carbons (Fsp3) is 0.706. The SMILES string of the molecule is Cc1c(C(F)F)nc(N2CC[C@@H]2C)nc1N1C[C@@H]2C(CC(=O)O)[C@@H]2C1. The summed E-state index contributed by atoms with van der Waals surface area (Å²) in [5, 5.41) is 8.94. The molecule has 4 rings (SSSR count). The number of carbonyl (C=O) groups is 1. The molecule has 4 atom stereocenters. The third-order valence-corrected chi connectivity index (χ3v) is 6.01. The zero-order chi connectivity index (χ0) is 17.9. The minimum absolute atomic E-state index is 0.193. The van der Waals surface area contributed by atoms with Crippen LogP contribution in [0.5, 0.6) is 0 Å². The molecule has 1 saturated carbocycles. The number of halogens is 2. The van der Waals surface area contributed by atoms with Crippen molar-refractivity contribution in [3.8, 4) is 0 Å². The lowest BCUT2D eigenvalue weighted by molar-refractivity contribution is -0.137. The summed E-state index contributed by atoms with van der Waals surface area (Å²) in [7, 11) is 0. The van der Waals surface area contributed by atoms with Gasteiger partial charge < -0.3 is 14.9 Å². The molecular formula is C17H22F2N4O2. The Morgan fingerprint density at radius 2 is 2.00 bits per heavy atom. The molecule has 8 heteroatoms. The first-order valence-corrected chi connectivity index (χ1v) is 8.77. The standard InChI is InChI=1S/C17H22F2N4O2/c1-8-3-4-23(8)17-20-14(15(18)19)9(2)16(21-17)22-6-11-10(5-13(24)25)12(11)7-22/h8,10-12,15H,3-7H2,1-2H3,(H,24,25)/t8-,10?,11-,12+/m0/s1. The van der Waals surface area contributed by atoms with Crippen molar-refractivity contribution in [1.29, 1.82) is 0 Å². The second-order valence-electron chi connectivity index (χ2n) is 7.48. The van der Waals surface area contributed by atoms with E-state index < -0.39 is 12.4 Å². The van der Waals surface area contributed by atoms with Crippen LogP contribution >= 0.6 is 0 Å². The van der Waals surface area contributed by atoms with Crippen LogP contribution in [-0.2, 0) is 4.79 Å². The molecule has 3 aliphatic rings. The van der Waals surface area contributed by atoms with Crippen molar-refractivity contribution in [2.24, 2.45) is 17.8 Å². The van der Waals surface area contributed by atoms with Gasteiger partial charge in [-0.3, -0.25) is 4.79 Å². The second kappa shape index (κ2) is 5.78. The smallest absolute Gasteiger partial charge is 0.303 e. The van der Waals surface area contributed by atoms with Crippen molar-refractivity contribution < 1.29 is 18.7 Å². The predicted octanol–water partition coefficient (Wildman–Crippen LogP) is 2.48. The normalized spacial score (nSPS) is 30.4. The number of hydrogen-bond acceptors (Lipinski definition) is 5. The summed E-state index contributed by atoms with van der Waals surface area (Å²) in [5.41, 5.74) is 0.241. The molecule has 136 valence electrons. The van der Waals surface area contributed by atoms with E-state index in [9.17, 15) is 13.6 Å². The van der Waals surface area contributed by atoms with E-state index in [1.54, 1.807) is 6.92 Å². The Morgan fingerprint density at radius 1 is 1.32 bits per heavy atom. The molecule has 1 aromatic rings. The zero-order valence-electron chi connectivity index (χ0n) is 14.3. The summed E-state index contributed by atoms with van der Waals surface area (Å²) in [6, 6.07) is 0.271. The van der Waals surface area contributed by atoms with Crippen LogP contribution in [0.1, 0.15) is 37.4 Å². The topological polar surface area (TPSA) is 69.6 Å². The molecule has 0 spiro atoms. The van der Waals surface area contributed by atoms with Gasteiger partial charge >= 0.3 is 5.97 Å². The van der Waals surface area contributed by atoms with Gasteiger partial charge in [-0.2, -0.15) is 4.98 Å². The molecule has 0 radical (unpaired) electrons. The number of piperidine rings is 1. The summed E-state index contributed by atoms with van der Waals surface area (Å²) in [6.07, 6.45) is -1.42. The van der Waals surface area contributed by atoms with Gasteiger partial charge in [-0.15, -0.1) is 0 Å². The van der Waals surface area contributed by atoms with E-state index in [4.69, 9.17) is 5.11 Å². The van der Waals surface area contributed by atoms with Crippen molar-refractivity contribution in [2.75, 3.05) is 29.4 Å². The first-order valence-electron chi connectivity index (χ1n) is 8.77.